The summed E-state index contributed by atoms with van der Waals surface area (Å²) < 4.78 is 73.8. The number of amides is 7. The molecule has 106 heavy (non-hydrogen) atoms. The van der Waals surface area contributed by atoms with Crippen molar-refractivity contribution in [1.29, 1.82) is 0 Å². The zero-order valence-corrected chi connectivity index (χ0v) is 63.2. The molecule has 27 nitrogen and oxygen atoms in total. The maximum absolute atomic E-state index is 16.6. The molecule has 0 radical (unpaired) electrons. The van der Waals surface area contributed by atoms with E-state index in [1.54, 1.807) is 32.9 Å². The molecule has 0 spiro atoms. The Morgan fingerprint density at radius 3 is 1.66 bits per heavy atom. The minimum absolute atomic E-state index is 0.00664. The van der Waals surface area contributed by atoms with Crippen molar-refractivity contribution < 1.29 is 94.9 Å². The predicted octanol–water partition coefficient (Wildman–Crippen LogP) is 11.5. The minimum Gasteiger partial charge on any atom is -0.497 e. The van der Waals surface area contributed by atoms with Crippen molar-refractivity contribution in [3.63, 3.8) is 0 Å². The molecule has 6 aliphatic heterocycles. The maximum atomic E-state index is 16.6. The molecule has 17 bridgehead atoms. The normalized spacial score (nSPS) is 20.2. The molecule has 8 atom stereocenters. The standard InChI is InChI=1S/C76H81Cl2N7O20Si/c1-75(2,3)104-74(93)85-60-38-18-23-53(97-10)54(30-38)101-44-27-40(26-42(33-44)94-7)61-70(89)82-62-41-31-56(102-51-20-16-36(24-47(51)77)25-49(67(86)80-61)79-68(60)87)66(99-12)57(32-41)103-52-22-19-39(29-48(52)78)65(105-106(14,15)76(4,5)6)64-72(91)83-63(73(92)100-13)46-34-43(95-8)35-55(98-11)58(46)45-28-37(17-21-50(45)96-9)59(69(88)84-64)81-71(62)90/h16-24,26-35,49,59-65H,25H2,1-15H3,(H,79,87)(H,80,86)(H,81,90)(H,82,89)(H,83,91)(H,84,88)(H,85,93). The molecular weight excluding hydrogens is 1430 g/mol. The van der Waals surface area contributed by atoms with Crippen molar-refractivity contribution in [3.05, 3.63) is 164 Å². The average molecular weight is 1510 g/mol. The molecule has 13 rings (SSSR count). The fourth-order valence-electron chi connectivity index (χ4n) is 12.4. The van der Waals surface area contributed by atoms with Crippen molar-refractivity contribution >= 4 is 79.0 Å². The molecule has 6 heterocycles. The lowest BCUT2D eigenvalue weighted by atomic mass is 9.89. The molecule has 7 aromatic carbocycles. The molecule has 7 aromatic rings. The molecule has 8 unspecified atom stereocenters. The van der Waals surface area contributed by atoms with Crippen LogP contribution in [0.2, 0.25) is 28.2 Å². The third-order valence-electron chi connectivity index (χ3n) is 18.7. The number of ether oxygens (including phenoxy) is 11. The number of hydrogen-bond donors (Lipinski definition) is 7. The van der Waals surface area contributed by atoms with Gasteiger partial charge in [0.2, 0.25) is 41.2 Å². The Labute approximate surface area is 622 Å². The van der Waals surface area contributed by atoms with Crippen molar-refractivity contribution in [2.45, 2.75) is 120 Å². The lowest BCUT2D eigenvalue weighted by Gasteiger charge is -2.42. The van der Waals surface area contributed by atoms with Crippen molar-refractivity contribution in [1.82, 2.24) is 37.2 Å². The first-order valence-corrected chi connectivity index (χ1v) is 37.1. The molecule has 0 saturated carbocycles. The van der Waals surface area contributed by atoms with Gasteiger partial charge in [0.05, 0.1) is 65.9 Å². The number of methoxy groups -OCH3 is 7. The summed E-state index contributed by atoms with van der Waals surface area (Å²) in [4.78, 5) is 124. The number of benzene rings is 7. The van der Waals surface area contributed by atoms with Crippen LogP contribution in [0.25, 0.3) is 11.1 Å². The number of esters is 1. The third kappa shape index (κ3) is 16.0. The Morgan fingerprint density at radius 2 is 1.07 bits per heavy atom. The predicted molar refractivity (Wildman–Crippen MR) is 390 cm³/mol. The lowest BCUT2D eigenvalue weighted by Crippen LogP contribution is -2.57. The molecule has 0 saturated heterocycles. The number of hydrogen-bond acceptors (Lipinski definition) is 20. The van der Waals surface area contributed by atoms with Gasteiger partial charge in [-0.3, -0.25) is 28.8 Å². The van der Waals surface area contributed by atoms with E-state index in [0.29, 0.717) is 5.56 Å². The molecule has 558 valence electrons. The van der Waals surface area contributed by atoms with Crippen LogP contribution in [0.4, 0.5) is 4.79 Å². The Hall–Kier alpha value is -10.9. The molecule has 30 heteroatoms. The largest absolute Gasteiger partial charge is 0.497 e. The SMILES string of the molecule is COC(=O)C1NC(=O)C2NC(=O)C(NC(=O)C3NC(=O)C4NC(=O)C(Cc5ccc(c(Cl)c5)Oc5cc3cc(c5OC)Oc3ccc(cc3Cl)C2O[Si](C)(C)C(C)(C)C)NC(=O)C(NC(=O)OC(C)(C)C)c2ccc(OC)c(c2)Oc2cc(OC)cc4c2)c2ccc(OC)c(c2)-c2c(OC)cc(OC)cc21. The number of carbonyl (C=O) groups is 8. The van der Waals surface area contributed by atoms with Gasteiger partial charge < -0.3 is 93.7 Å². The Bertz CT molecular complexity index is 4680. The van der Waals surface area contributed by atoms with Gasteiger partial charge in [0.1, 0.15) is 82.1 Å². The van der Waals surface area contributed by atoms with E-state index >= 15 is 28.8 Å². The van der Waals surface area contributed by atoms with Gasteiger partial charge >= 0.3 is 12.1 Å². The quantitative estimate of drug-likeness (QED) is 0.0494. The summed E-state index contributed by atoms with van der Waals surface area (Å²) in [7, 11) is 6.24. The number of halogens is 2. The molecule has 0 aliphatic carbocycles. The number of fused-ring (bicyclic) bond motifs is 14. The number of carbonyl (C=O) groups excluding carboxylic acids is 8. The van der Waals surface area contributed by atoms with Gasteiger partial charge in [-0.2, -0.15) is 0 Å². The Kier molecular flexibility index (Phi) is 22.0. The maximum Gasteiger partial charge on any atom is 0.408 e. The number of alkyl carbamates (subject to hydrolysis) is 1. The van der Waals surface area contributed by atoms with Gasteiger partial charge in [-0.1, -0.05) is 68.2 Å². The summed E-state index contributed by atoms with van der Waals surface area (Å²) in [6, 6.07) is 15.7. The molecule has 0 fully saturated rings. The lowest BCUT2D eigenvalue weighted by molar-refractivity contribution is -0.146. The first kappa shape index (κ1) is 76.2. The van der Waals surface area contributed by atoms with Crippen LogP contribution in [0, 0.1) is 0 Å². The van der Waals surface area contributed by atoms with Crippen LogP contribution in [-0.2, 0) is 53.9 Å². The second-order valence-corrected chi connectivity index (χ2v) is 33.4. The van der Waals surface area contributed by atoms with Crippen LogP contribution >= 0.6 is 23.2 Å². The Balaban J connectivity index is 1.18. The van der Waals surface area contributed by atoms with Gasteiger partial charge in [-0.15, -0.1) is 0 Å². The third-order valence-corrected chi connectivity index (χ3v) is 23.7. The van der Waals surface area contributed by atoms with Crippen LogP contribution in [0.15, 0.2) is 115 Å². The van der Waals surface area contributed by atoms with E-state index in [-0.39, 0.29) is 130 Å². The number of nitrogens with one attached hydrogen (secondary N) is 7. The fraction of sp³-hybridized carbons (Fsp3) is 0.342. The zero-order valence-electron chi connectivity index (χ0n) is 60.7. The average Bonchev–Trinajstić information content (AvgIpc) is 0.763. The van der Waals surface area contributed by atoms with Crippen LogP contribution in [-0.4, -0.2) is 123 Å². The van der Waals surface area contributed by atoms with E-state index in [1.165, 1.54) is 146 Å². The highest BCUT2D eigenvalue weighted by molar-refractivity contribution is 6.74. The van der Waals surface area contributed by atoms with E-state index in [1.807, 2.05) is 33.9 Å². The fourth-order valence-corrected chi connectivity index (χ4v) is 14.1. The van der Waals surface area contributed by atoms with Gasteiger partial charge in [0.15, 0.2) is 37.4 Å². The zero-order chi connectivity index (χ0) is 76.6. The van der Waals surface area contributed by atoms with Crippen LogP contribution < -0.4 is 79.8 Å². The summed E-state index contributed by atoms with van der Waals surface area (Å²) >= 11 is 14.6. The smallest absolute Gasteiger partial charge is 0.408 e. The topological polar surface area (TPSA) is 332 Å². The van der Waals surface area contributed by atoms with E-state index in [4.69, 9.17) is 79.7 Å². The first-order valence-electron chi connectivity index (χ1n) is 33.5. The van der Waals surface area contributed by atoms with Gasteiger partial charge in [-0.25, -0.2) is 9.59 Å². The summed E-state index contributed by atoms with van der Waals surface area (Å²) in [5, 5.41) is 19.2. The van der Waals surface area contributed by atoms with E-state index in [2.05, 4.69) is 37.2 Å². The summed E-state index contributed by atoms with van der Waals surface area (Å²) in [6.45, 7) is 14.7. The highest BCUT2D eigenvalue weighted by Gasteiger charge is 2.47. The van der Waals surface area contributed by atoms with Crippen molar-refractivity contribution in [2.24, 2.45) is 0 Å². The summed E-state index contributed by atoms with van der Waals surface area (Å²) in [5.41, 5.74) is -0.00188. The van der Waals surface area contributed by atoms with Gasteiger partial charge in [0, 0.05) is 35.2 Å². The second-order valence-electron chi connectivity index (χ2n) is 27.8. The summed E-state index contributed by atoms with van der Waals surface area (Å²) in [5.74, 6) is -6.93. The molecular formula is C76H81Cl2N7O20Si. The molecule has 7 N–H and O–H groups in total. The van der Waals surface area contributed by atoms with Crippen molar-refractivity contribution in [2.75, 3.05) is 49.8 Å². The minimum atomic E-state index is -3.13. The molecule has 7 amide bonds. The van der Waals surface area contributed by atoms with Crippen molar-refractivity contribution in [3.8, 4) is 80.1 Å². The van der Waals surface area contributed by atoms with Crippen LogP contribution in [0.5, 0.6) is 69.0 Å². The summed E-state index contributed by atoms with van der Waals surface area (Å²) in [6.07, 6.45) is -2.79. The monoisotopic (exact) mass is 1510 g/mol. The van der Waals surface area contributed by atoms with Crippen LogP contribution in [0.1, 0.15) is 117 Å². The van der Waals surface area contributed by atoms with Crippen LogP contribution in [0.3, 0.4) is 0 Å². The van der Waals surface area contributed by atoms with E-state index in [9.17, 15) is 9.59 Å². The van der Waals surface area contributed by atoms with E-state index < -0.39 is 115 Å². The number of rotatable bonds is 10. The highest BCUT2D eigenvalue weighted by Crippen LogP contribution is 2.50. The van der Waals surface area contributed by atoms with Gasteiger partial charge in [0.25, 0.3) is 0 Å². The second kappa shape index (κ2) is 30.6. The van der Waals surface area contributed by atoms with Gasteiger partial charge in [-0.05, 0) is 151 Å². The van der Waals surface area contributed by atoms with E-state index in [0.717, 1.165) is 7.11 Å². The highest BCUT2D eigenvalue weighted by atomic mass is 35.5. The Morgan fingerprint density at radius 1 is 0.500 bits per heavy atom. The first-order chi connectivity index (χ1) is 50.3. The molecule has 0 aromatic heterocycles. The molecule has 6 aliphatic rings.